The van der Waals surface area contributed by atoms with Crippen LogP contribution in [0.25, 0.3) is 0 Å². The van der Waals surface area contributed by atoms with Crippen LogP contribution in [0.2, 0.25) is 0 Å². The lowest BCUT2D eigenvalue weighted by molar-refractivity contribution is 0.0932. The molecule has 0 saturated carbocycles. The van der Waals surface area contributed by atoms with Gasteiger partial charge >= 0.3 is 5.69 Å². The SMILES string of the molecule is Cn1nc2n(c1=O)CCC(NC(=O)c1cncc(Br)c1)CC2. The minimum Gasteiger partial charge on any atom is -0.349 e. The zero-order chi connectivity index (χ0) is 15.7. The molecule has 0 radical (unpaired) electrons. The first-order valence-electron chi connectivity index (χ1n) is 7.08. The predicted octanol–water partition coefficient (Wildman–Crippen LogP) is 0.874. The molecule has 7 nitrogen and oxygen atoms in total. The number of amides is 1. The third kappa shape index (κ3) is 2.96. The lowest BCUT2D eigenvalue weighted by atomic mass is 10.1. The van der Waals surface area contributed by atoms with Crippen molar-refractivity contribution in [1.29, 1.82) is 0 Å². The van der Waals surface area contributed by atoms with E-state index in [1.807, 2.05) is 0 Å². The Labute approximate surface area is 135 Å². The average molecular weight is 366 g/mol. The van der Waals surface area contributed by atoms with E-state index in [4.69, 9.17) is 0 Å². The molecule has 22 heavy (non-hydrogen) atoms. The summed E-state index contributed by atoms with van der Waals surface area (Å²) in [5.74, 6) is 0.639. The van der Waals surface area contributed by atoms with E-state index in [-0.39, 0.29) is 17.6 Å². The van der Waals surface area contributed by atoms with E-state index in [1.165, 1.54) is 10.9 Å². The fourth-order valence-electron chi connectivity index (χ4n) is 2.65. The van der Waals surface area contributed by atoms with Crippen LogP contribution in [0.15, 0.2) is 27.7 Å². The van der Waals surface area contributed by atoms with E-state index in [2.05, 4.69) is 31.3 Å². The van der Waals surface area contributed by atoms with Gasteiger partial charge < -0.3 is 5.32 Å². The molecule has 0 fully saturated rings. The number of hydrogen-bond donors (Lipinski definition) is 1. The van der Waals surface area contributed by atoms with Gasteiger partial charge in [-0.1, -0.05) is 0 Å². The minimum absolute atomic E-state index is 0.0258. The summed E-state index contributed by atoms with van der Waals surface area (Å²) >= 11 is 3.31. The van der Waals surface area contributed by atoms with Gasteiger partial charge in [0.1, 0.15) is 5.82 Å². The molecule has 3 heterocycles. The first kappa shape index (κ1) is 15.0. The quantitative estimate of drug-likeness (QED) is 0.856. The Balaban J connectivity index is 1.68. The highest BCUT2D eigenvalue weighted by Crippen LogP contribution is 2.14. The lowest BCUT2D eigenvalue weighted by Crippen LogP contribution is -2.35. The summed E-state index contributed by atoms with van der Waals surface area (Å²) in [6.45, 7) is 0.573. The third-order valence-corrected chi connectivity index (χ3v) is 4.24. The molecule has 8 heteroatoms. The molecule has 2 aromatic rings. The summed E-state index contributed by atoms with van der Waals surface area (Å²) in [4.78, 5) is 28.2. The number of nitrogens with one attached hydrogen (secondary N) is 1. The van der Waals surface area contributed by atoms with Crippen molar-refractivity contribution in [3.63, 3.8) is 0 Å². The van der Waals surface area contributed by atoms with E-state index < -0.39 is 0 Å². The number of halogens is 1. The summed E-state index contributed by atoms with van der Waals surface area (Å²) in [5.41, 5.74) is 0.422. The van der Waals surface area contributed by atoms with Crippen LogP contribution in [0.3, 0.4) is 0 Å². The van der Waals surface area contributed by atoms with Gasteiger partial charge in [-0.3, -0.25) is 14.3 Å². The van der Waals surface area contributed by atoms with Crippen molar-refractivity contribution in [3.05, 3.63) is 44.8 Å². The van der Waals surface area contributed by atoms with E-state index in [1.54, 1.807) is 23.9 Å². The molecule has 0 bridgehead atoms. The number of hydrogen-bond acceptors (Lipinski definition) is 4. The maximum atomic E-state index is 12.2. The number of rotatable bonds is 2. The topological polar surface area (TPSA) is 81.8 Å². The Kier molecular flexibility index (Phi) is 4.10. The maximum Gasteiger partial charge on any atom is 0.345 e. The highest BCUT2D eigenvalue weighted by molar-refractivity contribution is 9.10. The fourth-order valence-corrected chi connectivity index (χ4v) is 3.01. The van der Waals surface area contributed by atoms with Crippen molar-refractivity contribution < 1.29 is 4.79 Å². The molecule has 0 saturated heterocycles. The first-order valence-corrected chi connectivity index (χ1v) is 7.88. The molecular formula is C14H16BrN5O2. The number of fused-ring (bicyclic) bond motifs is 1. The fraction of sp³-hybridized carbons (Fsp3) is 0.429. The second-order valence-electron chi connectivity index (χ2n) is 5.36. The Morgan fingerprint density at radius 2 is 2.23 bits per heavy atom. The summed E-state index contributed by atoms with van der Waals surface area (Å²) in [5, 5.41) is 7.24. The highest BCUT2D eigenvalue weighted by Gasteiger charge is 2.21. The van der Waals surface area contributed by atoms with Gasteiger partial charge in [-0.05, 0) is 34.8 Å². The molecule has 1 aliphatic heterocycles. The molecule has 1 atom stereocenters. The predicted molar refractivity (Wildman–Crippen MR) is 83.6 cm³/mol. The van der Waals surface area contributed by atoms with Crippen molar-refractivity contribution in [3.8, 4) is 0 Å². The smallest absolute Gasteiger partial charge is 0.345 e. The largest absolute Gasteiger partial charge is 0.349 e. The van der Waals surface area contributed by atoms with Gasteiger partial charge in [-0.25, -0.2) is 9.48 Å². The van der Waals surface area contributed by atoms with E-state index in [0.717, 1.165) is 16.7 Å². The molecular weight excluding hydrogens is 350 g/mol. The van der Waals surface area contributed by atoms with E-state index >= 15 is 0 Å². The molecule has 2 aromatic heterocycles. The molecule has 1 aliphatic rings. The monoisotopic (exact) mass is 365 g/mol. The molecule has 1 unspecified atom stereocenters. The molecule has 3 rings (SSSR count). The summed E-state index contributed by atoms with van der Waals surface area (Å²) < 4.78 is 3.82. The van der Waals surface area contributed by atoms with Crippen LogP contribution in [-0.2, 0) is 20.0 Å². The zero-order valence-electron chi connectivity index (χ0n) is 12.1. The Hall–Kier alpha value is -1.96. The first-order chi connectivity index (χ1) is 10.5. The van der Waals surface area contributed by atoms with Gasteiger partial charge in [-0.15, -0.1) is 0 Å². The van der Waals surface area contributed by atoms with Crippen molar-refractivity contribution in [1.82, 2.24) is 24.6 Å². The Morgan fingerprint density at radius 1 is 1.41 bits per heavy atom. The number of carbonyl (C=O) groups is 1. The van der Waals surface area contributed by atoms with Crippen LogP contribution in [0, 0.1) is 0 Å². The van der Waals surface area contributed by atoms with Crippen molar-refractivity contribution >= 4 is 21.8 Å². The second-order valence-corrected chi connectivity index (χ2v) is 6.28. The van der Waals surface area contributed by atoms with Crippen LogP contribution in [-0.4, -0.2) is 31.3 Å². The van der Waals surface area contributed by atoms with E-state index in [9.17, 15) is 9.59 Å². The van der Waals surface area contributed by atoms with Crippen LogP contribution in [0.4, 0.5) is 0 Å². The van der Waals surface area contributed by atoms with Crippen LogP contribution in [0.5, 0.6) is 0 Å². The summed E-state index contributed by atoms with van der Waals surface area (Å²) in [7, 11) is 1.66. The maximum absolute atomic E-state index is 12.2. The normalized spacial score (nSPS) is 17.6. The molecule has 1 amide bonds. The van der Waals surface area contributed by atoms with Gasteiger partial charge in [0, 0.05) is 42.9 Å². The van der Waals surface area contributed by atoms with Crippen molar-refractivity contribution in [2.45, 2.75) is 31.8 Å². The third-order valence-electron chi connectivity index (χ3n) is 3.80. The van der Waals surface area contributed by atoms with Crippen molar-refractivity contribution in [2.75, 3.05) is 0 Å². The van der Waals surface area contributed by atoms with Crippen LogP contribution < -0.4 is 11.0 Å². The number of aromatic nitrogens is 4. The Morgan fingerprint density at radius 3 is 3.00 bits per heavy atom. The van der Waals surface area contributed by atoms with E-state index in [0.29, 0.717) is 24.9 Å². The van der Waals surface area contributed by atoms with Crippen LogP contribution >= 0.6 is 15.9 Å². The average Bonchev–Trinajstić information content (AvgIpc) is 2.65. The molecule has 0 spiro atoms. The Bertz CT molecular complexity index is 767. The number of aryl methyl sites for hydroxylation is 2. The molecule has 0 aromatic carbocycles. The number of nitrogens with zero attached hydrogens (tertiary/aromatic N) is 4. The van der Waals surface area contributed by atoms with Gasteiger partial charge in [-0.2, -0.15) is 5.10 Å². The molecule has 0 aliphatic carbocycles. The molecule has 116 valence electrons. The zero-order valence-corrected chi connectivity index (χ0v) is 13.7. The standard InChI is InChI=1S/C14H16BrN5O2/c1-19-14(22)20-5-4-11(2-3-12(20)18-19)17-13(21)9-6-10(15)8-16-7-9/h6-8,11H,2-5H2,1H3,(H,17,21). The summed E-state index contributed by atoms with van der Waals surface area (Å²) in [6, 6.07) is 1.76. The van der Waals surface area contributed by atoms with Crippen molar-refractivity contribution in [2.24, 2.45) is 7.05 Å². The van der Waals surface area contributed by atoms with Gasteiger partial charge in [0.25, 0.3) is 5.91 Å². The molecule has 1 N–H and O–H groups in total. The van der Waals surface area contributed by atoms with Gasteiger partial charge in [0.2, 0.25) is 0 Å². The van der Waals surface area contributed by atoms with Crippen LogP contribution in [0.1, 0.15) is 29.0 Å². The van der Waals surface area contributed by atoms with Gasteiger partial charge in [0.05, 0.1) is 5.56 Å². The minimum atomic E-state index is -0.147. The number of carbonyl (C=O) groups excluding carboxylic acids is 1. The lowest BCUT2D eigenvalue weighted by Gasteiger charge is -2.16. The number of pyridine rings is 1. The summed E-state index contributed by atoms with van der Waals surface area (Å²) in [6.07, 6.45) is 5.34. The second kappa shape index (κ2) is 6.04. The highest BCUT2D eigenvalue weighted by atomic mass is 79.9. The van der Waals surface area contributed by atoms with Gasteiger partial charge in [0.15, 0.2) is 0 Å².